The number of carboxylic acid groups (broad SMARTS) is 1. The number of benzene rings is 1. The lowest BCUT2D eigenvalue weighted by atomic mass is 10.2. The average Bonchev–Trinajstić information content (AvgIpc) is 2.38. The third-order valence-corrected chi connectivity index (χ3v) is 2.24. The molecule has 0 bridgehead atoms. The maximum Gasteiger partial charge on any atom is 0.339 e. The Morgan fingerprint density at radius 2 is 1.89 bits per heavy atom. The molecular formula is C11H8ClN3O4. The third kappa shape index (κ3) is 3.08. The molecule has 1 aromatic carbocycles. The van der Waals surface area contributed by atoms with Crippen molar-refractivity contribution in [3.8, 4) is 17.8 Å². The van der Waals surface area contributed by atoms with Gasteiger partial charge in [-0.1, -0.05) is 12.1 Å². The van der Waals surface area contributed by atoms with Gasteiger partial charge in [0.2, 0.25) is 5.28 Å². The van der Waals surface area contributed by atoms with Crippen molar-refractivity contribution in [1.29, 1.82) is 0 Å². The molecular weight excluding hydrogens is 274 g/mol. The summed E-state index contributed by atoms with van der Waals surface area (Å²) in [5, 5.41) is 8.90. The number of para-hydroxylation sites is 1. The maximum absolute atomic E-state index is 11.0. The van der Waals surface area contributed by atoms with Crippen molar-refractivity contribution in [3.05, 3.63) is 35.1 Å². The van der Waals surface area contributed by atoms with Crippen LogP contribution in [0.2, 0.25) is 5.28 Å². The fraction of sp³-hybridized carbons (Fsp3) is 0.0909. The van der Waals surface area contributed by atoms with Crippen molar-refractivity contribution in [1.82, 2.24) is 15.0 Å². The molecule has 0 spiro atoms. The van der Waals surface area contributed by atoms with E-state index in [4.69, 9.17) is 26.2 Å². The largest absolute Gasteiger partial charge is 0.478 e. The second-order valence-corrected chi connectivity index (χ2v) is 3.62. The van der Waals surface area contributed by atoms with Crippen LogP contribution < -0.4 is 9.47 Å². The molecule has 0 saturated carbocycles. The van der Waals surface area contributed by atoms with Crippen LogP contribution in [-0.4, -0.2) is 33.1 Å². The highest BCUT2D eigenvalue weighted by molar-refractivity contribution is 6.28. The van der Waals surface area contributed by atoms with Crippen molar-refractivity contribution < 1.29 is 19.4 Å². The van der Waals surface area contributed by atoms with Gasteiger partial charge in [0.1, 0.15) is 11.3 Å². The van der Waals surface area contributed by atoms with E-state index in [9.17, 15) is 4.79 Å². The van der Waals surface area contributed by atoms with E-state index in [1.165, 1.54) is 19.2 Å². The van der Waals surface area contributed by atoms with E-state index in [2.05, 4.69) is 15.0 Å². The number of halogens is 1. The van der Waals surface area contributed by atoms with Gasteiger partial charge in [-0.25, -0.2) is 4.79 Å². The zero-order valence-electron chi connectivity index (χ0n) is 9.70. The van der Waals surface area contributed by atoms with Crippen LogP contribution in [0.15, 0.2) is 24.3 Å². The Morgan fingerprint density at radius 1 is 1.21 bits per heavy atom. The summed E-state index contributed by atoms with van der Waals surface area (Å²) in [6.45, 7) is 0. The van der Waals surface area contributed by atoms with Gasteiger partial charge >= 0.3 is 18.0 Å². The number of nitrogens with zero attached hydrogens (tertiary/aromatic N) is 3. The normalized spacial score (nSPS) is 10.0. The molecule has 0 radical (unpaired) electrons. The minimum absolute atomic E-state index is 0.0157. The number of carboxylic acids is 1. The fourth-order valence-electron chi connectivity index (χ4n) is 1.28. The number of carbonyl (C=O) groups is 1. The van der Waals surface area contributed by atoms with E-state index in [1.54, 1.807) is 12.1 Å². The maximum atomic E-state index is 11.0. The topological polar surface area (TPSA) is 94.4 Å². The number of methoxy groups -OCH3 is 1. The van der Waals surface area contributed by atoms with Crippen LogP contribution in [0.1, 0.15) is 10.4 Å². The number of ether oxygens (including phenoxy) is 2. The van der Waals surface area contributed by atoms with Crippen LogP contribution in [0.4, 0.5) is 0 Å². The molecule has 2 rings (SSSR count). The lowest BCUT2D eigenvalue weighted by Crippen LogP contribution is -2.03. The summed E-state index contributed by atoms with van der Waals surface area (Å²) < 4.78 is 10.1. The standard InChI is InChI=1S/C11H8ClN3O4/c1-18-10-13-9(12)14-11(15-10)19-7-5-3-2-4-6(7)8(16)17/h2-5H,1H3,(H,16,17). The Labute approximate surface area is 112 Å². The van der Waals surface area contributed by atoms with Crippen LogP contribution >= 0.6 is 11.6 Å². The Kier molecular flexibility index (Phi) is 3.76. The molecule has 1 heterocycles. The molecule has 19 heavy (non-hydrogen) atoms. The first-order valence-electron chi connectivity index (χ1n) is 5.06. The molecule has 0 aliphatic carbocycles. The van der Waals surface area contributed by atoms with Crippen molar-refractivity contribution >= 4 is 17.6 Å². The summed E-state index contributed by atoms with van der Waals surface area (Å²) in [6.07, 6.45) is 0. The summed E-state index contributed by atoms with van der Waals surface area (Å²) >= 11 is 5.66. The number of hydrogen-bond acceptors (Lipinski definition) is 6. The zero-order chi connectivity index (χ0) is 13.8. The molecule has 7 nitrogen and oxygen atoms in total. The van der Waals surface area contributed by atoms with Gasteiger partial charge in [0.05, 0.1) is 7.11 Å². The molecule has 1 aromatic heterocycles. The first kappa shape index (κ1) is 13.0. The van der Waals surface area contributed by atoms with Gasteiger partial charge in [-0.15, -0.1) is 4.98 Å². The van der Waals surface area contributed by atoms with Gasteiger partial charge in [0, 0.05) is 0 Å². The van der Waals surface area contributed by atoms with E-state index in [-0.39, 0.29) is 28.6 Å². The lowest BCUT2D eigenvalue weighted by molar-refractivity contribution is 0.0694. The SMILES string of the molecule is COc1nc(Cl)nc(Oc2ccccc2C(=O)O)n1. The predicted molar refractivity (Wildman–Crippen MR) is 64.9 cm³/mol. The minimum Gasteiger partial charge on any atom is -0.478 e. The van der Waals surface area contributed by atoms with Gasteiger partial charge < -0.3 is 14.6 Å². The van der Waals surface area contributed by atoms with Crippen LogP contribution in [0.25, 0.3) is 0 Å². The van der Waals surface area contributed by atoms with E-state index in [0.717, 1.165) is 0 Å². The fourth-order valence-corrected chi connectivity index (χ4v) is 1.43. The highest BCUT2D eigenvalue weighted by atomic mass is 35.5. The van der Waals surface area contributed by atoms with Gasteiger partial charge in [-0.05, 0) is 23.7 Å². The first-order chi connectivity index (χ1) is 9.10. The predicted octanol–water partition coefficient (Wildman–Crippen LogP) is 2.02. The summed E-state index contributed by atoms with van der Waals surface area (Å²) in [4.78, 5) is 22.2. The summed E-state index contributed by atoms with van der Waals surface area (Å²) in [7, 11) is 1.36. The van der Waals surface area contributed by atoms with Crippen molar-refractivity contribution in [2.45, 2.75) is 0 Å². The van der Waals surface area contributed by atoms with Crippen molar-refractivity contribution in [2.24, 2.45) is 0 Å². The smallest absolute Gasteiger partial charge is 0.339 e. The molecule has 0 aliphatic heterocycles. The summed E-state index contributed by atoms with van der Waals surface area (Å²) in [5.74, 6) is -1.03. The number of aromatic carboxylic acids is 1. The Morgan fingerprint density at radius 3 is 2.58 bits per heavy atom. The Balaban J connectivity index is 2.36. The van der Waals surface area contributed by atoms with E-state index in [1.807, 2.05) is 0 Å². The van der Waals surface area contributed by atoms with Crippen LogP contribution in [0.5, 0.6) is 17.8 Å². The molecule has 0 atom stereocenters. The number of hydrogen-bond donors (Lipinski definition) is 1. The van der Waals surface area contributed by atoms with E-state index in [0.29, 0.717) is 0 Å². The number of rotatable bonds is 4. The second-order valence-electron chi connectivity index (χ2n) is 3.28. The van der Waals surface area contributed by atoms with Gasteiger partial charge in [-0.3, -0.25) is 0 Å². The first-order valence-corrected chi connectivity index (χ1v) is 5.43. The van der Waals surface area contributed by atoms with Gasteiger partial charge in [0.15, 0.2) is 0 Å². The van der Waals surface area contributed by atoms with Crippen LogP contribution in [-0.2, 0) is 0 Å². The van der Waals surface area contributed by atoms with Crippen molar-refractivity contribution in [3.63, 3.8) is 0 Å². The molecule has 98 valence electrons. The number of aromatic nitrogens is 3. The quantitative estimate of drug-likeness (QED) is 0.916. The highest BCUT2D eigenvalue weighted by Crippen LogP contribution is 2.24. The molecule has 0 aliphatic rings. The molecule has 0 amide bonds. The van der Waals surface area contributed by atoms with Crippen LogP contribution in [0, 0.1) is 0 Å². The molecule has 8 heteroatoms. The minimum atomic E-state index is -1.12. The molecule has 2 aromatic rings. The van der Waals surface area contributed by atoms with Gasteiger partial charge in [0.25, 0.3) is 0 Å². The zero-order valence-corrected chi connectivity index (χ0v) is 10.5. The molecule has 0 unspecified atom stereocenters. The van der Waals surface area contributed by atoms with Gasteiger partial charge in [-0.2, -0.15) is 9.97 Å². The highest BCUT2D eigenvalue weighted by Gasteiger charge is 2.13. The Hall–Kier alpha value is -2.41. The summed E-state index contributed by atoms with van der Waals surface area (Å²) in [5.41, 5.74) is -0.0157. The lowest BCUT2D eigenvalue weighted by Gasteiger charge is -2.07. The van der Waals surface area contributed by atoms with Crippen LogP contribution in [0.3, 0.4) is 0 Å². The summed E-state index contributed by atoms with van der Waals surface area (Å²) in [6, 6.07) is 5.91. The Bertz CT molecular complexity index is 621. The van der Waals surface area contributed by atoms with E-state index < -0.39 is 5.97 Å². The molecule has 1 N–H and O–H groups in total. The van der Waals surface area contributed by atoms with Crippen molar-refractivity contribution in [2.75, 3.05) is 7.11 Å². The second kappa shape index (κ2) is 5.49. The molecule has 0 saturated heterocycles. The molecule has 0 fully saturated rings. The third-order valence-electron chi connectivity index (χ3n) is 2.07. The monoisotopic (exact) mass is 281 g/mol. The van der Waals surface area contributed by atoms with E-state index >= 15 is 0 Å². The average molecular weight is 282 g/mol.